The summed E-state index contributed by atoms with van der Waals surface area (Å²) in [6.07, 6.45) is 0.947. The third-order valence-electron chi connectivity index (χ3n) is 3.78. The fraction of sp³-hybridized carbons (Fsp3) is 0.375. The molecule has 1 aromatic carbocycles. The molecule has 2 rings (SSSR count). The van der Waals surface area contributed by atoms with E-state index in [-0.39, 0.29) is 17.6 Å². The molecule has 0 spiro atoms. The average Bonchev–Trinajstić information content (AvgIpc) is 2.49. The molecule has 0 amide bonds. The Morgan fingerprint density at radius 1 is 1.15 bits per heavy atom. The maximum atomic E-state index is 12.4. The summed E-state index contributed by atoms with van der Waals surface area (Å²) < 4.78 is 0.930. The highest BCUT2D eigenvalue weighted by Crippen LogP contribution is 2.27. The SMILES string of the molecule is CC1=C(C)C(=O)C(Nc2ccc(C)cc2Br)CCC1=O. The van der Waals surface area contributed by atoms with E-state index in [1.165, 1.54) is 0 Å². The lowest BCUT2D eigenvalue weighted by molar-refractivity contribution is -0.116. The number of aryl methyl sites for hydroxylation is 1. The summed E-state index contributed by atoms with van der Waals surface area (Å²) in [4.78, 5) is 24.2. The lowest BCUT2D eigenvalue weighted by Crippen LogP contribution is -2.29. The van der Waals surface area contributed by atoms with Gasteiger partial charge in [-0.15, -0.1) is 0 Å². The van der Waals surface area contributed by atoms with E-state index in [2.05, 4.69) is 21.2 Å². The molecule has 0 saturated carbocycles. The van der Waals surface area contributed by atoms with Gasteiger partial charge < -0.3 is 5.32 Å². The second kappa shape index (κ2) is 5.92. The first-order chi connectivity index (χ1) is 9.40. The summed E-state index contributed by atoms with van der Waals surface area (Å²) in [5, 5.41) is 3.25. The fourth-order valence-corrected chi connectivity index (χ4v) is 2.92. The van der Waals surface area contributed by atoms with Crippen LogP contribution in [0.25, 0.3) is 0 Å². The minimum Gasteiger partial charge on any atom is -0.374 e. The van der Waals surface area contributed by atoms with Crippen LogP contribution in [0.2, 0.25) is 0 Å². The van der Waals surface area contributed by atoms with Crippen molar-refractivity contribution in [2.75, 3.05) is 5.32 Å². The Balaban J connectivity index is 2.25. The number of hydrogen-bond donors (Lipinski definition) is 1. The van der Waals surface area contributed by atoms with Crippen LogP contribution in [0.1, 0.15) is 32.3 Å². The van der Waals surface area contributed by atoms with Crippen molar-refractivity contribution in [2.24, 2.45) is 0 Å². The Kier molecular flexibility index (Phi) is 4.43. The van der Waals surface area contributed by atoms with E-state index < -0.39 is 0 Å². The molecule has 1 N–H and O–H groups in total. The highest BCUT2D eigenvalue weighted by Gasteiger charge is 2.27. The van der Waals surface area contributed by atoms with Gasteiger partial charge in [-0.2, -0.15) is 0 Å². The van der Waals surface area contributed by atoms with Gasteiger partial charge >= 0.3 is 0 Å². The molecular weight excluding hydrogens is 318 g/mol. The van der Waals surface area contributed by atoms with Crippen molar-refractivity contribution in [3.05, 3.63) is 39.4 Å². The van der Waals surface area contributed by atoms with Gasteiger partial charge in [-0.05, 0) is 66.4 Å². The molecule has 20 heavy (non-hydrogen) atoms. The molecule has 4 heteroatoms. The van der Waals surface area contributed by atoms with Gasteiger partial charge in [0.15, 0.2) is 11.6 Å². The van der Waals surface area contributed by atoms with Crippen molar-refractivity contribution >= 4 is 33.2 Å². The summed E-state index contributed by atoms with van der Waals surface area (Å²) in [6, 6.07) is 5.61. The average molecular weight is 336 g/mol. The summed E-state index contributed by atoms with van der Waals surface area (Å²) in [5.41, 5.74) is 3.21. The first kappa shape index (κ1) is 15.0. The number of benzene rings is 1. The van der Waals surface area contributed by atoms with Crippen LogP contribution in [-0.2, 0) is 9.59 Å². The number of hydrogen-bond acceptors (Lipinski definition) is 3. The van der Waals surface area contributed by atoms with Crippen molar-refractivity contribution < 1.29 is 9.59 Å². The number of carbonyl (C=O) groups is 2. The number of ketones is 2. The quantitative estimate of drug-likeness (QED) is 0.893. The molecule has 0 fully saturated rings. The maximum Gasteiger partial charge on any atom is 0.181 e. The van der Waals surface area contributed by atoms with Crippen molar-refractivity contribution in [3.63, 3.8) is 0 Å². The van der Waals surface area contributed by atoms with Crippen LogP contribution < -0.4 is 5.32 Å². The van der Waals surface area contributed by atoms with Gasteiger partial charge in [0.2, 0.25) is 0 Å². The zero-order valence-electron chi connectivity index (χ0n) is 11.9. The number of Topliss-reactive ketones (excluding diaryl/α,β-unsaturated/α-hetero) is 2. The van der Waals surface area contributed by atoms with Crippen LogP contribution in [0.5, 0.6) is 0 Å². The molecular formula is C16H18BrNO2. The van der Waals surface area contributed by atoms with Gasteiger partial charge in [0.05, 0.1) is 6.04 Å². The van der Waals surface area contributed by atoms with E-state index >= 15 is 0 Å². The predicted molar refractivity (Wildman–Crippen MR) is 83.9 cm³/mol. The summed E-state index contributed by atoms with van der Waals surface area (Å²) >= 11 is 3.50. The maximum absolute atomic E-state index is 12.4. The molecule has 1 unspecified atom stereocenters. The van der Waals surface area contributed by atoms with Gasteiger partial charge in [-0.1, -0.05) is 6.07 Å². The smallest absolute Gasteiger partial charge is 0.181 e. The molecule has 3 nitrogen and oxygen atoms in total. The molecule has 0 aliphatic heterocycles. The van der Waals surface area contributed by atoms with E-state index in [4.69, 9.17) is 0 Å². The molecule has 0 aromatic heterocycles. The topological polar surface area (TPSA) is 46.2 Å². The molecule has 1 aliphatic carbocycles. The Labute approximate surface area is 127 Å². The Hall–Kier alpha value is -1.42. The zero-order valence-corrected chi connectivity index (χ0v) is 13.5. The largest absolute Gasteiger partial charge is 0.374 e. The molecule has 0 heterocycles. The van der Waals surface area contributed by atoms with Crippen molar-refractivity contribution in [1.82, 2.24) is 0 Å². The van der Waals surface area contributed by atoms with Gasteiger partial charge in [-0.3, -0.25) is 9.59 Å². The van der Waals surface area contributed by atoms with Gasteiger partial charge in [0.25, 0.3) is 0 Å². The fourth-order valence-electron chi connectivity index (χ4n) is 2.31. The first-order valence-corrected chi connectivity index (χ1v) is 7.47. The van der Waals surface area contributed by atoms with Crippen LogP contribution >= 0.6 is 15.9 Å². The summed E-state index contributed by atoms with van der Waals surface area (Å²) in [6.45, 7) is 5.49. The van der Waals surface area contributed by atoms with E-state index in [9.17, 15) is 9.59 Å². The van der Waals surface area contributed by atoms with Crippen molar-refractivity contribution in [2.45, 2.75) is 39.7 Å². The molecule has 0 saturated heterocycles. The summed E-state index contributed by atoms with van der Waals surface area (Å²) in [5.74, 6) is 0.0870. The van der Waals surface area contributed by atoms with Crippen LogP contribution in [-0.4, -0.2) is 17.6 Å². The van der Waals surface area contributed by atoms with Crippen LogP contribution in [0, 0.1) is 6.92 Å². The molecule has 1 aromatic rings. The highest BCUT2D eigenvalue weighted by atomic mass is 79.9. The number of anilines is 1. The van der Waals surface area contributed by atoms with Crippen molar-refractivity contribution in [1.29, 1.82) is 0 Å². The molecule has 0 bridgehead atoms. The zero-order chi connectivity index (χ0) is 14.9. The Morgan fingerprint density at radius 2 is 1.85 bits per heavy atom. The van der Waals surface area contributed by atoms with Gasteiger partial charge in [-0.25, -0.2) is 0 Å². The van der Waals surface area contributed by atoms with Crippen LogP contribution in [0.3, 0.4) is 0 Å². The minimum atomic E-state index is -0.338. The molecule has 1 aliphatic rings. The van der Waals surface area contributed by atoms with E-state index in [0.717, 1.165) is 15.7 Å². The third-order valence-corrected chi connectivity index (χ3v) is 4.44. The number of carbonyl (C=O) groups excluding carboxylic acids is 2. The van der Waals surface area contributed by atoms with E-state index in [1.54, 1.807) is 13.8 Å². The van der Waals surface area contributed by atoms with Gasteiger partial charge in [0, 0.05) is 22.2 Å². The number of allylic oxidation sites excluding steroid dienone is 1. The second-order valence-electron chi connectivity index (χ2n) is 5.26. The molecule has 0 radical (unpaired) electrons. The van der Waals surface area contributed by atoms with E-state index in [1.807, 2.05) is 25.1 Å². The normalized spacial score (nSPS) is 20.1. The Bertz CT molecular complexity index is 604. The molecule has 1 atom stereocenters. The van der Waals surface area contributed by atoms with Crippen LogP contribution in [0.15, 0.2) is 33.8 Å². The first-order valence-electron chi connectivity index (χ1n) is 6.67. The lowest BCUT2D eigenvalue weighted by atomic mass is 10.0. The van der Waals surface area contributed by atoms with Crippen LogP contribution in [0.4, 0.5) is 5.69 Å². The number of nitrogens with one attached hydrogen (secondary N) is 1. The van der Waals surface area contributed by atoms with E-state index in [0.29, 0.717) is 24.0 Å². The second-order valence-corrected chi connectivity index (χ2v) is 6.11. The monoisotopic (exact) mass is 335 g/mol. The third kappa shape index (κ3) is 3.01. The highest BCUT2D eigenvalue weighted by molar-refractivity contribution is 9.10. The number of rotatable bonds is 2. The van der Waals surface area contributed by atoms with Gasteiger partial charge in [0.1, 0.15) is 0 Å². The lowest BCUT2D eigenvalue weighted by Gasteiger charge is -2.18. The molecule has 106 valence electrons. The van der Waals surface area contributed by atoms with Crippen molar-refractivity contribution in [3.8, 4) is 0 Å². The number of halogens is 1. The standard InChI is InChI=1S/C16H18BrNO2/c1-9-4-5-13(12(17)8-9)18-14-6-7-15(19)10(2)11(3)16(14)20/h4-5,8,14,18H,6-7H2,1-3H3. The Morgan fingerprint density at radius 3 is 2.50 bits per heavy atom. The minimum absolute atomic E-state index is 0.0147. The summed E-state index contributed by atoms with van der Waals surface area (Å²) in [7, 11) is 0. The predicted octanol–water partition coefficient (Wildman–Crippen LogP) is 3.81.